The maximum atomic E-state index is 15.8. The van der Waals surface area contributed by atoms with E-state index in [1.54, 1.807) is 19.6 Å². The van der Waals surface area contributed by atoms with Gasteiger partial charge in [-0.1, -0.05) is 12.1 Å². The molecule has 144 heavy (non-hydrogen) atoms. The largest absolute Gasteiger partial charge is 0.469 e. The zero-order valence-corrected chi connectivity index (χ0v) is 84.1. The van der Waals surface area contributed by atoms with Crippen molar-refractivity contribution in [2.24, 2.45) is 5.41 Å². The summed E-state index contributed by atoms with van der Waals surface area (Å²) >= 11 is 0. The number of carbonyl (C=O) groups excluding carboxylic acids is 25. The predicted octanol–water partition coefficient (Wildman–Crippen LogP) is -3.17. The lowest BCUT2D eigenvalue weighted by Gasteiger charge is -2.39. The van der Waals surface area contributed by atoms with Gasteiger partial charge >= 0.3 is 125 Å². The van der Waals surface area contributed by atoms with E-state index in [0.29, 0.717) is 20.8 Å². The Morgan fingerprint density at radius 2 is 0.535 bits per heavy atom. The highest BCUT2D eigenvalue weighted by Crippen LogP contribution is 2.29. The summed E-state index contributed by atoms with van der Waals surface area (Å²) in [6.07, 6.45) is -30.7. The van der Waals surface area contributed by atoms with Crippen LogP contribution in [0, 0.1) is 5.41 Å². The Kier molecular flexibility index (Phi) is 56.3. The molecular formula is C90H130N8O46. The lowest BCUT2D eigenvalue weighted by molar-refractivity contribution is -0.203. The molecule has 1 fully saturated rings. The summed E-state index contributed by atoms with van der Waals surface area (Å²) in [6, 6.07) is 1.83. The first kappa shape index (κ1) is 126. The smallest absolute Gasteiger partial charge is 0.323 e. The van der Waals surface area contributed by atoms with E-state index in [1.807, 2.05) is 0 Å². The second-order valence-corrected chi connectivity index (χ2v) is 32.3. The van der Waals surface area contributed by atoms with Crippen molar-refractivity contribution in [3.05, 3.63) is 35.4 Å². The third-order valence-corrected chi connectivity index (χ3v) is 20.9. The SMILES string of the molecule is COC(=O)CCC(C(=O)OC)N1CCN(Cc2cccc(C(=O)NCC(CNC(=O)C(OC(C)=O)C(OC(C)=O)C(OC(C)=O)C(COC(C)=O)OC(C)=O)(CNC(=O)C(OC(C)=O)C(OC(C)=O)C(OC(C)=O)C(COC(C)=O)OC(C)=O)CNC(=O)C(OC(C)=O)C(OC(C)=O)C(OC(C)=O)C(COC(C)=O)OC(C)=O)c2)CCN([C@H](CCC(=O)OC)C(=O)OC)CCN(C(CCC(=O)OC)C(=O)OC)CC1. The van der Waals surface area contributed by atoms with Gasteiger partial charge in [-0.2, -0.15) is 0 Å². The summed E-state index contributed by atoms with van der Waals surface area (Å²) in [5.41, 5.74) is -2.71. The van der Waals surface area contributed by atoms with Crippen molar-refractivity contribution in [3.8, 4) is 0 Å². The summed E-state index contributed by atoms with van der Waals surface area (Å²) in [5, 5.41) is 9.76. The van der Waals surface area contributed by atoms with Gasteiger partial charge in [-0.3, -0.25) is 139 Å². The van der Waals surface area contributed by atoms with Gasteiger partial charge in [0.2, 0.25) is 18.3 Å². The Balaban J connectivity index is 3.68. The molecule has 15 atom stereocenters. The summed E-state index contributed by atoms with van der Waals surface area (Å²) in [4.78, 5) is 347. The first-order valence-electron chi connectivity index (χ1n) is 44.6. The average Bonchev–Trinajstić information content (AvgIpc) is 0.793. The highest BCUT2D eigenvalue weighted by atomic mass is 16.7. The monoisotopic (exact) mass is 2060 g/mol. The molecule has 0 aliphatic carbocycles. The number of rotatable bonds is 56. The van der Waals surface area contributed by atoms with E-state index in [2.05, 4.69) is 21.3 Å². The van der Waals surface area contributed by atoms with Crippen molar-refractivity contribution in [3.63, 3.8) is 0 Å². The zero-order valence-electron chi connectivity index (χ0n) is 84.1. The van der Waals surface area contributed by atoms with Gasteiger partial charge in [-0.25, -0.2) is 0 Å². The summed E-state index contributed by atoms with van der Waals surface area (Å²) in [5.74, 6) is -30.0. The molecule has 4 N–H and O–H groups in total. The van der Waals surface area contributed by atoms with E-state index in [9.17, 15) is 101 Å². The van der Waals surface area contributed by atoms with Gasteiger partial charge in [-0.05, 0) is 37.0 Å². The van der Waals surface area contributed by atoms with E-state index in [-0.39, 0.29) is 109 Å². The molecule has 0 bridgehead atoms. The van der Waals surface area contributed by atoms with Gasteiger partial charge in [-0.15, -0.1) is 0 Å². The Bertz CT molecular complexity index is 4310. The minimum atomic E-state index is -2.72. The Morgan fingerprint density at radius 3 is 0.771 bits per heavy atom. The number of ether oxygens (including phenoxy) is 21. The van der Waals surface area contributed by atoms with Crippen molar-refractivity contribution >= 4 is 149 Å². The number of nitrogens with one attached hydrogen (secondary N) is 4. The quantitative estimate of drug-likeness (QED) is 0.0369. The number of amides is 4. The molecule has 1 saturated heterocycles. The Labute approximate surface area is 828 Å². The molecule has 1 aliphatic heterocycles. The lowest BCUT2D eigenvalue weighted by Crippen LogP contribution is -2.63. The molecule has 14 unspecified atom stereocenters. The molecule has 0 spiro atoms. The summed E-state index contributed by atoms with van der Waals surface area (Å²) < 4.78 is 112. The zero-order chi connectivity index (χ0) is 109. The van der Waals surface area contributed by atoms with Crippen molar-refractivity contribution in [1.29, 1.82) is 0 Å². The van der Waals surface area contributed by atoms with Crippen LogP contribution < -0.4 is 21.3 Å². The van der Waals surface area contributed by atoms with Crippen LogP contribution in [0.25, 0.3) is 0 Å². The van der Waals surface area contributed by atoms with Crippen LogP contribution in [-0.2, 0) is 221 Å². The number of hydrogen-bond acceptors (Lipinski definition) is 50. The van der Waals surface area contributed by atoms with Gasteiger partial charge in [0.25, 0.3) is 23.6 Å². The van der Waals surface area contributed by atoms with E-state index < -0.39 is 292 Å². The molecule has 1 aliphatic rings. The van der Waals surface area contributed by atoms with Gasteiger partial charge in [0, 0.05) is 219 Å². The highest BCUT2D eigenvalue weighted by Gasteiger charge is 2.53. The molecule has 0 aromatic heterocycles. The molecule has 2 rings (SSSR count). The standard InChI is InChI=1S/C90H130N8O46/c1-48(99)130-41-68(133-51(4)102)74(136-54(7)105)77(139-57(10)108)80(142-60(13)111)84(118)92-45-90(46-93-85(119)81(143-61(14)112)78(140-58(11)109)75(137-55(8)106)69(134-52(5)103)42-131-49(2)100,47-94-86(120)82(144-62(15)113)79(141-59(12)110)76(138-56(9)107)70(135-53(6)104)43-132-50(3)101)44-91-83(117)64-24-22-23-63(39-64)40-95-31-33-96(65(87(121)127-19)25-28-71(114)124-16)35-37-98(67(89(123)129-21)27-30-73(116)126-18)38-36-97(34-32-95)66(88(122)128-20)26-29-72(115)125-17/h22-24,39,65-70,74-82H,25-38,40-47H2,1-21H3,(H,91,117)(H,92,118)(H,93,119)(H,94,120)/t65-,66?,67?,68?,69?,70?,74?,75?,76?,77?,78?,79?,80?,81?,82?,90?/m1/s1. The normalized spacial score (nSPS) is 16.1. The van der Waals surface area contributed by atoms with Crippen LogP contribution in [0.1, 0.15) is 158 Å². The first-order chi connectivity index (χ1) is 67.6. The van der Waals surface area contributed by atoms with Crippen LogP contribution in [0.3, 0.4) is 0 Å². The molecule has 1 aromatic carbocycles. The molecular weight excluding hydrogens is 1930 g/mol. The topological polar surface area (TPSA) is 682 Å². The highest BCUT2D eigenvalue weighted by molar-refractivity contribution is 5.95. The second kappa shape index (κ2) is 64.4. The van der Waals surface area contributed by atoms with Crippen molar-refractivity contribution in [1.82, 2.24) is 40.9 Å². The van der Waals surface area contributed by atoms with Crippen LogP contribution in [0.4, 0.5) is 0 Å². The fraction of sp³-hybridized carbons (Fsp3) is 0.656. The lowest BCUT2D eigenvalue weighted by atomic mass is 9.86. The molecule has 1 aromatic rings. The molecule has 54 heteroatoms. The van der Waals surface area contributed by atoms with Crippen molar-refractivity contribution in [2.75, 3.05) is 141 Å². The Hall–Kier alpha value is -14.2. The van der Waals surface area contributed by atoms with Crippen LogP contribution in [-0.4, -0.2) is 401 Å². The fourth-order valence-electron chi connectivity index (χ4n) is 14.6. The van der Waals surface area contributed by atoms with Crippen molar-refractivity contribution < 1.29 is 219 Å². The average molecular weight is 2060 g/mol. The minimum Gasteiger partial charge on any atom is -0.469 e. The Morgan fingerprint density at radius 1 is 0.292 bits per heavy atom. The van der Waals surface area contributed by atoms with Crippen LogP contribution in [0.15, 0.2) is 24.3 Å². The van der Waals surface area contributed by atoms with E-state index in [1.165, 1.54) is 24.3 Å². The fourth-order valence-corrected chi connectivity index (χ4v) is 14.6. The predicted molar refractivity (Wildman–Crippen MR) is 478 cm³/mol. The minimum absolute atomic E-state index is 0.0717. The van der Waals surface area contributed by atoms with Crippen molar-refractivity contribution in [2.45, 2.75) is 240 Å². The van der Waals surface area contributed by atoms with E-state index in [0.717, 1.165) is 126 Å². The number of carbonyl (C=O) groups is 25. The van der Waals surface area contributed by atoms with Crippen LogP contribution in [0.2, 0.25) is 0 Å². The number of esters is 21. The third kappa shape index (κ3) is 46.7. The van der Waals surface area contributed by atoms with Crippen LogP contribution >= 0.6 is 0 Å². The second-order valence-electron chi connectivity index (χ2n) is 32.3. The van der Waals surface area contributed by atoms with E-state index >= 15 is 19.2 Å². The van der Waals surface area contributed by atoms with Crippen LogP contribution in [0.5, 0.6) is 0 Å². The first-order valence-corrected chi connectivity index (χ1v) is 44.6. The summed E-state index contributed by atoms with van der Waals surface area (Å²) in [6.45, 7) is 2.32. The van der Waals surface area contributed by atoms with E-state index in [4.69, 9.17) is 99.5 Å². The molecule has 806 valence electrons. The molecule has 54 nitrogen and oxygen atoms in total. The number of methoxy groups -OCH3 is 6. The number of hydrogen-bond donors (Lipinski definition) is 4. The molecule has 4 amide bonds. The number of nitrogens with zero attached hydrogens (tertiary/aromatic N) is 4. The summed E-state index contributed by atoms with van der Waals surface area (Å²) in [7, 11) is 6.74. The third-order valence-electron chi connectivity index (χ3n) is 20.9. The molecule has 1 heterocycles. The van der Waals surface area contributed by atoms with Gasteiger partial charge in [0.05, 0.1) is 42.7 Å². The van der Waals surface area contributed by atoms with Gasteiger partial charge in [0.1, 0.15) is 37.9 Å². The molecule has 0 radical (unpaired) electrons. The maximum Gasteiger partial charge on any atom is 0.323 e. The number of benzene rings is 1. The van der Waals surface area contributed by atoms with Gasteiger partial charge < -0.3 is 121 Å². The maximum absolute atomic E-state index is 15.8. The molecule has 0 saturated carbocycles. The van der Waals surface area contributed by atoms with Gasteiger partial charge in [0.15, 0.2) is 54.9 Å².